The van der Waals surface area contributed by atoms with E-state index in [9.17, 15) is 4.79 Å². The second-order valence-corrected chi connectivity index (χ2v) is 6.03. The lowest BCUT2D eigenvalue weighted by Gasteiger charge is -2.12. The topological polar surface area (TPSA) is 94.1 Å². The van der Waals surface area contributed by atoms with Crippen LogP contribution in [0.5, 0.6) is 11.5 Å². The van der Waals surface area contributed by atoms with E-state index in [4.69, 9.17) is 21.1 Å². The number of ether oxygens (including phenoxy) is 2. The highest BCUT2D eigenvalue weighted by molar-refractivity contribution is 6.34. The van der Waals surface area contributed by atoms with E-state index in [2.05, 4.69) is 20.6 Å². The fourth-order valence-corrected chi connectivity index (χ4v) is 2.70. The summed E-state index contributed by atoms with van der Waals surface area (Å²) < 4.78 is 12.9. The fourth-order valence-electron chi connectivity index (χ4n) is 2.52. The highest BCUT2D eigenvalue weighted by atomic mass is 35.5. The van der Waals surface area contributed by atoms with E-state index in [1.54, 1.807) is 17.1 Å². The lowest BCUT2D eigenvalue weighted by molar-refractivity contribution is 0.102. The van der Waals surface area contributed by atoms with Crippen LogP contribution in [0.4, 0.5) is 5.69 Å². The summed E-state index contributed by atoms with van der Waals surface area (Å²) in [4.78, 5) is 12.1. The van der Waals surface area contributed by atoms with E-state index >= 15 is 0 Å². The molecule has 0 saturated heterocycles. The van der Waals surface area contributed by atoms with Crippen molar-refractivity contribution in [1.29, 1.82) is 0 Å². The number of nitrogens with one attached hydrogen (secondary N) is 2. The zero-order valence-electron chi connectivity index (χ0n) is 15.0. The molecule has 1 amide bonds. The van der Waals surface area contributed by atoms with Crippen molar-refractivity contribution in [1.82, 2.24) is 20.0 Å². The summed E-state index contributed by atoms with van der Waals surface area (Å²) in [6.07, 6.45) is 4.68. The molecule has 8 nitrogen and oxygen atoms in total. The van der Waals surface area contributed by atoms with Crippen molar-refractivity contribution >= 4 is 23.2 Å². The lowest BCUT2D eigenvalue weighted by Crippen LogP contribution is -2.12. The summed E-state index contributed by atoms with van der Waals surface area (Å²) in [5.74, 6) is 1.04. The van der Waals surface area contributed by atoms with Crippen LogP contribution < -0.4 is 14.8 Å². The first-order valence-electron chi connectivity index (χ1n) is 8.51. The Kier molecular flexibility index (Phi) is 5.97. The van der Waals surface area contributed by atoms with Gasteiger partial charge >= 0.3 is 0 Å². The first-order chi connectivity index (χ1) is 13.1. The Balaban J connectivity index is 1.69. The number of halogens is 1. The van der Waals surface area contributed by atoms with Crippen LogP contribution in [0.2, 0.25) is 5.02 Å². The molecule has 142 valence electrons. The monoisotopic (exact) mass is 389 g/mol. The average Bonchev–Trinajstić information content (AvgIpc) is 3.26. The Morgan fingerprint density at radius 2 is 2.00 bits per heavy atom. The molecule has 1 aromatic carbocycles. The van der Waals surface area contributed by atoms with Crippen molar-refractivity contribution in [2.75, 3.05) is 18.5 Å². The third-order valence-electron chi connectivity index (χ3n) is 3.66. The molecule has 0 atom stereocenters. The van der Waals surface area contributed by atoms with Crippen LogP contribution in [0.3, 0.4) is 0 Å². The second kappa shape index (κ2) is 8.59. The number of hydrogen-bond acceptors (Lipinski definition) is 5. The molecule has 27 heavy (non-hydrogen) atoms. The van der Waals surface area contributed by atoms with Crippen molar-refractivity contribution in [2.45, 2.75) is 20.4 Å². The average molecular weight is 390 g/mol. The number of aromatic amines is 1. The summed E-state index contributed by atoms with van der Waals surface area (Å²) in [5.41, 5.74) is 1.76. The highest BCUT2D eigenvalue weighted by Gasteiger charge is 2.13. The third kappa shape index (κ3) is 4.59. The van der Waals surface area contributed by atoms with Gasteiger partial charge in [0.1, 0.15) is 5.69 Å². The van der Waals surface area contributed by atoms with Crippen molar-refractivity contribution in [2.24, 2.45) is 0 Å². The predicted octanol–water partition coefficient (Wildman–Crippen LogP) is 3.36. The molecule has 0 unspecified atom stereocenters. The standard InChI is InChI=1S/C18H20ClN5O3/c1-3-26-15-6-5-12(7-16(15)27-4-2)10-24-11-13(8-21-24)22-18(25)17-14(19)9-20-23-17/h5-9,11H,3-4,10H2,1-2H3,(H,20,23)(H,22,25). The van der Waals surface area contributed by atoms with Crippen LogP contribution in [-0.4, -0.2) is 39.1 Å². The maximum Gasteiger partial charge on any atom is 0.275 e. The Hall–Kier alpha value is -3.00. The predicted molar refractivity (Wildman–Crippen MR) is 102 cm³/mol. The molecular weight excluding hydrogens is 370 g/mol. The van der Waals surface area contributed by atoms with Gasteiger partial charge in [-0.1, -0.05) is 17.7 Å². The Morgan fingerprint density at radius 1 is 1.22 bits per heavy atom. The minimum atomic E-state index is -0.378. The van der Waals surface area contributed by atoms with Gasteiger partial charge in [0.05, 0.1) is 42.9 Å². The van der Waals surface area contributed by atoms with E-state index in [0.717, 1.165) is 5.56 Å². The minimum absolute atomic E-state index is 0.206. The Morgan fingerprint density at radius 3 is 2.70 bits per heavy atom. The van der Waals surface area contributed by atoms with E-state index in [1.165, 1.54) is 6.20 Å². The van der Waals surface area contributed by atoms with Crippen LogP contribution in [0.25, 0.3) is 0 Å². The second-order valence-electron chi connectivity index (χ2n) is 5.62. The molecule has 0 bridgehead atoms. The van der Waals surface area contributed by atoms with Gasteiger partial charge < -0.3 is 14.8 Å². The van der Waals surface area contributed by atoms with Crippen LogP contribution >= 0.6 is 11.6 Å². The van der Waals surface area contributed by atoms with Crippen molar-refractivity contribution < 1.29 is 14.3 Å². The van der Waals surface area contributed by atoms with Gasteiger partial charge in [-0.3, -0.25) is 14.6 Å². The Bertz CT molecular complexity index is 921. The molecule has 3 aromatic rings. The van der Waals surface area contributed by atoms with Gasteiger partial charge in [0.2, 0.25) is 0 Å². The number of rotatable bonds is 8. The van der Waals surface area contributed by atoms with Crippen molar-refractivity contribution in [3.8, 4) is 11.5 Å². The van der Waals surface area contributed by atoms with Gasteiger partial charge in [-0.15, -0.1) is 0 Å². The summed E-state index contributed by atoms with van der Waals surface area (Å²) in [7, 11) is 0. The summed E-state index contributed by atoms with van der Waals surface area (Å²) in [5, 5.41) is 13.5. The maximum absolute atomic E-state index is 12.1. The van der Waals surface area contributed by atoms with E-state index in [0.29, 0.717) is 36.9 Å². The van der Waals surface area contributed by atoms with Gasteiger partial charge in [0.25, 0.3) is 5.91 Å². The van der Waals surface area contributed by atoms with Crippen LogP contribution in [0, 0.1) is 0 Å². The lowest BCUT2D eigenvalue weighted by atomic mass is 10.2. The molecule has 9 heteroatoms. The fraction of sp³-hybridized carbons (Fsp3) is 0.278. The number of carbonyl (C=O) groups is 1. The first kappa shape index (κ1) is 18.8. The molecule has 0 fully saturated rings. The molecule has 0 spiro atoms. The quantitative estimate of drug-likeness (QED) is 0.616. The van der Waals surface area contributed by atoms with Gasteiger partial charge in [-0.25, -0.2) is 0 Å². The van der Waals surface area contributed by atoms with Crippen molar-refractivity contribution in [3.05, 3.63) is 53.1 Å². The summed E-state index contributed by atoms with van der Waals surface area (Å²) >= 11 is 5.89. The van der Waals surface area contributed by atoms with Gasteiger partial charge in [-0.05, 0) is 31.5 Å². The number of anilines is 1. The number of H-pyrrole nitrogens is 1. The molecule has 2 aromatic heterocycles. The van der Waals surface area contributed by atoms with Gasteiger partial charge in [0.15, 0.2) is 11.5 Å². The van der Waals surface area contributed by atoms with E-state index in [-0.39, 0.29) is 16.6 Å². The molecule has 2 heterocycles. The summed E-state index contributed by atoms with van der Waals surface area (Å²) in [6.45, 7) is 5.50. The van der Waals surface area contributed by atoms with Crippen LogP contribution in [0.15, 0.2) is 36.8 Å². The molecular formula is C18H20ClN5O3. The number of aromatic nitrogens is 4. The van der Waals surface area contributed by atoms with Gasteiger partial charge in [-0.2, -0.15) is 10.2 Å². The van der Waals surface area contributed by atoms with Crippen LogP contribution in [0.1, 0.15) is 29.9 Å². The molecule has 0 saturated carbocycles. The minimum Gasteiger partial charge on any atom is -0.490 e. The summed E-state index contributed by atoms with van der Waals surface area (Å²) in [6, 6.07) is 5.77. The molecule has 0 aliphatic carbocycles. The van der Waals surface area contributed by atoms with E-state index in [1.807, 2.05) is 32.0 Å². The molecule has 0 radical (unpaired) electrons. The van der Waals surface area contributed by atoms with Gasteiger partial charge in [0, 0.05) is 6.20 Å². The number of amides is 1. The first-order valence-corrected chi connectivity index (χ1v) is 8.89. The van der Waals surface area contributed by atoms with Crippen LogP contribution in [-0.2, 0) is 6.54 Å². The molecule has 2 N–H and O–H groups in total. The number of benzene rings is 1. The molecule has 0 aliphatic heterocycles. The van der Waals surface area contributed by atoms with E-state index < -0.39 is 0 Å². The third-order valence-corrected chi connectivity index (χ3v) is 3.95. The molecule has 0 aliphatic rings. The smallest absolute Gasteiger partial charge is 0.275 e. The maximum atomic E-state index is 12.1. The van der Waals surface area contributed by atoms with Crippen molar-refractivity contribution in [3.63, 3.8) is 0 Å². The number of carbonyl (C=O) groups excluding carboxylic acids is 1. The molecule has 3 rings (SSSR count). The zero-order chi connectivity index (χ0) is 19.2. The largest absolute Gasteiger partial charge is 0.490 e. The Labute approximate surface area is 161 Å². The number of hydrogen-bond donors (Lipinski definition) is 2. The number of nitrogens with zero attached hydrogens (tertiary/aromatic N) is 3. The SMILES string of the molecule is CCOc1ccc(Cn2cc(NC(=O)c3[nH]ncc3Cl)cn2)cc1OCC. The normalized spacial score (nSPS) is 10.6. The highest BCUT2D eigenvalue weighted by Crippen LogP contribution is 2.29. The zero-order valence-corrected chi connectivity index (χ0v) is 15.8.